The molecule has 2 heteroatoms. The lowest BCUT2D eigenvalue weighted by atomic mass is 10.1. The molecular weight excluding hydrogens is 204 g/mol. The predicted octanol–water partition coefficient (Wildman–Crippen LogP) is 3.95. The summed E-state index contributed by atoms with van der Waals surface area (Å²) >= 11 is 1.78. The van der Waals surface area contributed by atoms with Crippen LogP contribution in [-0.4, -0.2) is 11.5 Å². The van der Waals surface area contributed by atoms with Gasteiger partial charge in [0.25, 0.3) is 0 Å². The second-order valence-electron chi connectivity index (χ2n) is 3.51. The molecule has 0 spiro atoms. The molecule has 0 amide bonds. The Labute approximate surface area is 95.6 Å². The van der Waals surface area contributed by atoms with Gasteiger partial charge in [-0.1, -0.05) is 31.2 Å². The van der Waals surface area contributed by atoms with Gasteiger partial charge in [0, 0.05) is 16.9 Å². The van der Waals surface area contributed by atoms with Gasteiger partial charge in [0.1, 0.15) is 0 Å². The lowest BCUT2D eigenvalue weighted by Gasteiger charge is -2.02. The van der Waals surface area contributed by atoms with Crippen molar-refractivity contribution < 1.29 is 4.79 Å². The van der Waals surface area contributed by atoms with Gasteiger partial charge in [0.2, 0.25) is 0 Å². The molecular formula is C13H16OS. The third-order valence-corrected chi connectivity index (χ3v) is 2.84. The van der Waals surface area contributed by atoms with Crippen LogP contribution in [0.3, 0.4) is 0 Å². The quantitative estimate of drug-likeness (QED) is 0.424. The molecule has 15 heavy (non-hydrogen) atoms. The van der Waals surface area contributed by atoms with Crippen molar-refractivity contribution in [3.63, 3.8) is 0 Å². The molecule has 0 aliphatic rings. The SMILES string of the molecule is C=C(C)CC(=O)c1ccc(SCC)cc1. The van der Waals surface area contributed by atoms with Crippen molar-refractivity contribution >= 4 is 17.5 Å². The fourth-order valence-electron chi connectivity index (χ4n) is 1.28. The van der Waals surface area contributed by atoms with Gasteiger partial charge in [-0.3, -0.25) is 4.79 Å². The first-order chi connectivity index (χ1) is 7.13. The highest BCUT2D eigenvalue weighted by molar-refractivity contribution is 7.99. The number of hydrogen-bond acceptors (Lipinski definition) is 2. The van der Waals surface area contributed by atoms with Crippen molar-refractivity contribution in [3.8, 4) is 0 Å². The number of rotatable bonds is 5. The van der Waals surface area contributed by atoms with Crippen molar-refractivity contribution in [2.45, 2.75) is 25.2 Å². The van der Waals surface area contributed by atoms with Crippen molar-refractivity contribution in [2.75, 3.05) is 5.75 Å². The molecule has 1 nitrogen and oxygen atoms in total. The number of hydrogen-bond donors (Lipinski definition) is 0. The third kappa shape index (κ3) is 3.92. The zero-order valence-corrected chi connectivity index (χ0v) is 10.1. The summed E-state index contributed by atoms with van der Waals surface area (Å²) in [5, 5.41) is 0. The molecule has 0 unspecified atom stereocenters. The number of carbonyl (C=O) groups excluding carboxylic acids is 1. The number of carbonyl (C=O) groups is 1. The molecule has 0 N–H and O–H groups in total. The second kappa shape index (κ2) is 5.76. The molecule has 1 rings (SSSR count). The summed E-state index contributed by atoms with van der Waals surface area (Å²) in [6, 6.07) is 7.78. The summed E-state index contributed by atoms with van der Waals surface area (Å²) in [5.41, 5.74) is 1.69. The van der Waals surface area contributed by atoms with Gasteiger partial charge in [0.15, 0.2) is 5.78 Å². The molecule has 0 fully saturated rings. The van der Waals surface area contributed by atoms with E-state index in [1.54, 1.807) is 11.8 Å². The van der Waals surface area contributed by atoms with Gasteiger partial charge in [-0.2, -0.15) is 0 Å². The van der Waals surface area contributed by atoms with E-state index in [2.05, 4.69) is 13.5 Å². The minimum Gasteiger partial charge on any atom is -0.294 e. The lowest BCUT2D eigenvalue weighted by molar-refractivity contribution is 0.0993. The Kier molecular flexibility index (Phi) is 4.63. The maximum absolute atomic E-state index is 11.7. The molecule has 0 atom stereocenters. The number of allylic oxidation sites excluding steroid dienone is 1. The van der Waals surface area contributed by atoms with Gasteiger partial charge in [0.05, 0.1) is 0 Å². The van der Waals surface area contributed by atoms with Crippen LogP contribution in [0.5, 0.6) is 0 Å². The van der Waals surface area contributed by atoms with Crippen molar-refractivity contribution in [1.82, 2.24) is 0 Å². The minimum absolute atomic E-state index is 0.149. The summed E-state index contributed by atoms with van der Waals surface area (Å²) in [6.45, 7) is 7.73. The van der Waals surface area contributed by atoms with Gasteiger partial charge in [-0.25, -0.2) is 0 Å². The smallest absolute Gasteiger partial charge is 0.166 e. The first-order valence-corrected chi connectivity index (χ1v) is 6.02. The minimum atomic E-state index is 0.149. The first kappa shape index (κ1) is 12.1. The summed E-state index contributed by atoms with van der Waals surface area (Å²) in [4.78, 5) is 12.9. The molecule has 1 aromatic rings. The van der Waals surface area contributed by atoms with E-state index >= 15 is 0 Å². The number of thioether (sulfide) groups is 1. The average molecular weight is 220 g/mol. The van der Waals surface area contributed by atoms with Crippen LogP contribution in [0.25, 0.3) is 0 Å². The predicted molar refractivity (Wildman–Crippen MR) is 66.6 cm³/mol. The number of benzene rings is 1. The molecule has 0 saturated heterocycles. The van der Waals surface area contributed by atoms with Crippen LogP contribution in [0, 0.1) is 0 Å². The van der Waals surface area contributed by atoms with Crippen LogP contribution >= 0.6 is 11.8 Å². The number of Topliss-reactive ketones (excluding diaryl/α,β-unsaturated/α-hetero) is 1. The van der Waals surface area contributed by atoms with Crippen LogP contribution in [0.2, 0.25) is 0 Å². The summed E-state index contributed by atoms with van der Waals surface area (Å²) < 4.78 is 0. The molecule has 1 aromatic carbocycles. The standard InChI is InChI=1S/C13H16OS/c1-4-15-12-7-5-11(6-8-12)13(14)9-10(2)3/h5-8H,2,4,9H2,1,3H3. The lowest BCUT2D eigenvalue weighted by Crippen LogP contribution is -1.98. The molecule has 0 heterocycles. The molecule has 0 bridgehead atoms. The van der Waals surface area contributed by atoms with Crippen molar-refractivity contribution in [1.29, 1.82) is 0 Å². The Bertz CT molecular complexity index is 351. The van der Waals surface area contributed by atoms with E-state index in [1.807, 2.05) is 31.2 Å². The van der Waals surface area contributed by atoms with E-state index in [-0.39, 0.29) is 5.78 Å². The van der Waals surface area contributed by atoms with E-state index in [4.69, 9.17) is 0 Å². The molecule has 80 valence electrons. The van der Waals surface area contributed by atoms with E-state index in [1.165, 1.54) is 4.90 Å². The Hall–Kier alpha value is -1.02. The molecule has 0 aliphatic carbocycles. The zero-order valence-electron chi connectivity index (χ0n) is 9.25. The van der Waals surface area contributed by atoms with Crippen LogP contribution < -0.4 is 0 Å². The van der Waals surface area contributed by atoms with Gasteiger partial charge < -0.3 is 0 Å². The zero-order chi connectivity index (χ0) is 11.3. The van der Waals surface area contributed by atoms with Crippen molar-refractivity contribution in [2.24, 2.45) is 0 Å². The monoisotopic (exact) mass is 220 g/mol. The highest BCUT2D eigenvalue weighted by Crippen LogP contribution is 2.18. The molecule has 0 aromatic heterocycles. The maximum atomic E-state index is 11.7. The summed E-state index contributed by atoms with van der Waals surface area (Å²) in [7, 11) is 0. The van der Waals surface area contributed by atoms with E-state index < -0.39 is 0 Å². The molecule has 0 radical (unpaired) electrons. The topological polar surface area (TPSA) is 17.1 Å². The largest absolute Gasteiger partial charge is 0.294 e. The van der Waals surface area contributed by atoms with E-state index in [9.17, 15) is 4.79 Å². The molecule has 0 saturated carbocycles. The van der Waals surface area contributed by atoms with Crippen LogP contribution in [0.4, 0.5) is 0 Å². The Morgan fingerprint density at radius 1 is 1.33 bits per heavy atom. The summed E-state index contributed by atoms with van der Waals surface area (Å²) in [5.74, 6) is 1.20. The van der Waals surface area contributed by atoms with Crippen LogP contribution in [0.15, 0.2) is 41.3 Å². The summed E-state index contributed by atoms with van der Waals surface area (Å²) in [6.07, 6.45) is 0.445. The maximum Gasteiger partial charge on any atom is 0.166 e. The van der Waals surface area contributed by atoms with E-state index in [0.717, 1.165) is 16.9 Å². The Balaban J connectivity index is 2.71. The fraction of sp³-hybridized carbons (Fsp3) is 0.308. The number of ketones is 1. The Morgan fingerprint density at radius 3 is 2.40 bits per heavy atom. The highest BCUT2D eigenvalue weighted by atomic mass is 32.2. The van der Waals surface area contributed by atoms with Gasteiger partial charge in [-0.15, -0.1) is 11.8 Å². The van der Waals surface area contributed by atoms with Gasteiger partial charge in [-0.05, 0) is 24.8 Å². The third-order valence-electron chi connectivity index (χ3n) is 1.95. The second-order valence-corrected chi connectivity index (χ2v) is 4.85. The fourth-order valence-corrected chi connectivity index (χ4v) is 1.94. The average Bonchev–Trinajstić information content (AvgIpc) is 2.18. The Morgan fingerprint density at radius 2 is 1.93 bits per heavy atom. The van der Waals surface area contributed by atoms with Crippen molar-refractivity contribution in [3.05, 3.63) is 42.0 Å². The van der Waals surface area contributed by atoms with Crippen LogP contribution in [-0.2, 0) is 0 Å². The van der Waals surface area contributed by atoms with Crippen LogP contribution in [0.1, 0.15) is 30.6 Å². The van der Waals surface area contributed by atoms with E-state index in [0.29, 0.717) is 6.42 Å². The molecule has 0 aliphatic heterocycles. The van der Waals surface area contributed by atoms with Gasteiger partial charge >= 0.3 is 0 Å². The highest BCUT2D eigenvalue weighted by Gasteiger charge is 2.05. The first-order valence-electron chi connectivity index (χ1n) is 5.04. The normalized spacial score (nSPS) is 10.0.